The van der Waals surface area contributed by atoms with E-state index in [-0.39, 0.29) is 39.5 Å². The van der Waals surface area contributed by atoms with Gasteiger partial charge in [0.2, 0.25) is 0 Å². The maximum absolute atomic E-state index is 13.4. The molecule has 0 spiro atoms. The normalized spacial score (nSPS) is 16.5. The zero-order valence-electron chi connectivity index (χ0n) is 18.6. The minimum atomic E-state index is -0.299. The molecule has 2 aliphatic rings. The molecule has 3 aromatic heterocycles. The van der Waals surface area contributed by atoms with Crippen molar-refractivity contribution in [1.82, 2.24) is 14.3 Å². The highest BCUT2D eigenvalue weighted by atomic mass is 32.1. The average molecular weight is 473 g/mol. The van der Waals surface area contributed by atoms with E-state index < -0.39 is 0 Å². The summed E-state index contributed by atoms with van der Waals surface area (Å²) in [4.78, 5) is 34.8. The van der Waals surface area contributed by atoms with Crippen molar-refractivity contribution in [2.75, 3.05) is 13.1 Å². The van der Waals surface area contributed by atoms with Crippen LogP contribution in [0.15, 0.2) is 30.3 Å². The Morgan fingerprint density at radius 2 is 1.79 bits per heavy atom. The third-order valence-electron chi connectivity index (χ3n) is 6.90. The molecule has 172 valence electrons. The Kier molecular flexibility index (Phi) is 4.99. The van der Waals surface area contributed by atoms with Crippen molar-refractivity contribution in [2.45, 2.75) is 38.5 Å². The lowest BCUT2D eigenvalue weighted by Gasteiger charge is -2.14. The van der Waals surface area contributed by atoms with Crippen molar-refractivity contribution in [1.29, 1.82) is 5.41 Å². The number of thiophene rings is 1. The van der Waals surface area contributed by atoms with Crippen LogP contribution in [-0.4, -0.2) is 44.2 Å². The molecular weight excluding hydrogens is 448 g/mol. The number of carbonyl (C=O) groups excluding carboxylic acids is 2. The number of ketones is 1. The van der Waals surface area contributed by atoms with Crippen LogP contribution in [0.5, 0.6) is 5.75 Å². The molecule has 8 heteroatoms. The number of rotatable bonds is 3. The number of aryl methyl sites for hydroxylation is 2. The minimum absolute atomic E-state index is 0.0794. The van der Waals surface area contributed by atoms with Crippen LogP contribution in [-0.2, 0) is 12.8 Å². The second-order valence-corrected chi connectivity index (χ2v) is 10.1. The molecular formula is C26H24N4O3S. The van der Waals surface area contributed by atoms with Gasteiger partial charge in [-0.05, 0) is 44.1 Å². The van der Waals surface area contributed by atoms with Gasteiger partial charge in [0.05, 0.1) is 10.7 Å². The average Bonchev–Trinajstić information content (AvgIpc) is 3.57. The molecule has 4 aromatic rings. The molecule has 0 radical (unpaired) electrons. The predicted molar refractivity (Wildman–Crippen MR) is 130 cm³/mol. The Morgan fingerprint density at radius 1 is 1.06 bits per heavy atom. The van der Waals surface area contributed by atoms with Crippen LogP contribution >= 0.6 is 11.3 Å². The summed E-state index contributed by atoms with van der Waals surface area (Å²) in [5.41, 5.74) is 2.09. The molecule has 0 atom stereocenters. The third-order valence-corrected chi connectivity index (χ3v) is 8.18. The van der Waals surface area contributed by atoms with E-state index in [9.17, 15) is 14.7 Å². The largest absolute Gasteiger partial charge is 0.505 e. The Hall–Kier alpha value is -3.52. The Balaban J connectivity index is 1.70. The van der Waals surface area contributed by atoms with Gasteiger partial charge in [0.25, 0.3) is 5.91 Å². The summed E-state index contributed by atoms with van der Waals surface area (Å²) >= 11 is 1.58. The monoisotopic (exact) mass is 472 g/mol. The van der Waals surface area contributed by atoms with Gasteiger partial charge in [0.1, 0.15) is 10.4 Å². The molecule has 1 saturated heterocycles. The van der Waals surface area contributed by atoms with Crippen LogP contribution in [0, 0.1) is 5.41 Å². The second kappa shape index (κ2) is 8.06. The smallest absolute Gasteiger partial charge is 0.261 e. The number of amides is 1. The number of nitrogens with one attached hydrogen (secondary N) is 1. The Bertz CT molecular complexity index is 1580. The fraction of sp³-hybridized carbons (Fsp3) is 0.308. The molecule has 1 amide bonds. The first-order chi connectivity index (χ1) is 16.5. The first-order valence-electron chi connectivity index (χ1n) is 11.7. The number of hydrogen-bond donors (Lipinski definition) is 2. The van der Waals surface area contributed by atoms with Crippen molar-refractivity contribution in [2.24, 2.45) is 0 Å². The number of hydrogen-bond acceptors (Lipinski definition) is 6. The van der Waals surface area contributed by atoms with Crippen LogP contribution in [0.3, 0.4) is 0 Å². The van der Waals surface area contributed by atoms with Gasteiger partial charge in [-0.2, -0.15) is 0 Å². The van der Waals surface area contributed by atoms with Gasteiger partial charge in [0, 0.05) is 29.6 Å². The van der Waals surface area contributed by atoms with Gasteiger partial charge in [-0.25, -0.2) is 4.98 Å². The predicted octanol–water partition coefficient (Wildman–Crippen LogP) is 3.23. The highest BCUT2D eigenvalue weighted by Crippen LogP contribution is 2.35. The van der Waals surface area contributed by atoms with Crippen molar-refractivity contribution in [3.05, 3.63) is 62.7 Å². The standard InChI is InChI=1S/C26H24N4O3S/c27-23-20-16-10-4-5-11-19(16)34-26(20)30-17(14-18(31)15-8-2-1-3-9-15)22(32)21(24(30)28-23)25(33)29-12-6-7-13-29/h1-3,8-9,14,27,32H,4-7,10-13H2. The number of aromatic hydroxyl groups is 1. The van der Waals surface area contributed by atoms with E-state index in [2.05, 4.69) is 4.98 Å². The Labute approximate surface area is 199 Å². The van der Waals surface area contributed by atoms with Crippen LogP contribution in [0.4, 0.5) is 0 Å². The fourth-order valence-electron chi connectivity index (χ4n) is 5.21. The first-order valence-corrected chi connectivity index (χ1v) is 12.5. The molecule has 34 heavy (non-hydrogen) atoms. The molecule has 0 saturated carbocycles. The SMILES string of the molecule is N=c1nc2c(C(=O)N3CCCC3)c(O)c(=CC(=O)c3ccccc3)n2c2sc3c(c12)CCCC3. The maximum Gasteiger partial charge on any atom is 0.261 e. The topological polar surface area (TPSA) is 98.8 Å². The van der Waals surface area contributed by atoms with E-state index in [0.29, 0.717) is 18.7 Å². The van der Waals surface area contributed by atoms with Gasteiger partial charge < -0.3 is 10.0 Å². The number of carbonyl (C=O) groups is 2. The lowest BCUT2D eigenvalue weighted by Crippen LogP contribution is -2.28. The number of likely N-dealkylation sites (tertiary alicyclic amines) is 1. The molecule has 4 heterocycles. The van der Waals surface area contributed by atoms with Crippen molar-refractivity contribution >= 4 is 45.0 Å². The summed E-state index contributed by atoms with van der Waals surface area (Å²) in [5.74, 6) is -0.807. The number of aromatic nitrogens is 2. The summed E-state index contributed by atoms with van der Waals surface area (Å²) in [5, 5.41) is 21.1. The number of benzene rings is 1. The summed E-state index contributed by atoms with van der Waals surface area (Å²) in [6.07, 6.45) is 7.24. The van der Waals surface area contributed by atoms with Gasteiger partial charge in [-0.15, -0.1) is 11.3 Å². The molecule has 1 aliphatic carbocycles. The summed E-state index contributed by atoms with van der Waals surface area (Å²) in [7, 11) is 0. The van der Waals surface area contributed by atoms with Gasteiger partial charge in [-0.3, -0.25) is 19.4 Å². The quantitative estimate of drug-likeness (QED) is 0.447. The zero-order valence-corrected chi connectivity index (χ0v) is 19.5. The molecule has 0 unspecified atom stereocenters. The maximum atomic E-state index is 13.4. The van der Waals surface area contributed by atoms with E-state index >= 15 is 0 Å². The van der Waals surface area contributed by atoms with E-state index in [1.165, 1.54) is 11.0 Å². The number of nitrogens with zero attached hydrogens (tertiary/aromatic N) is 3. The molecule has 1 aliphatic heterocycles. The lowest BCUT2D eigenvalue weighted by atomic mass is 9.97. The number of Topliss-reactive ketones (excluding diaryl/α,β-unsaturated/α-hetero) is 1. The summed E-state index contributed by atoms with van der Waals surface area (Å²) in [6.45, 7) is 1.25. The van der Waals surface area contributed by atoms with E-state index in [4.69, 9.17) is 5.41 Å². The zero-order chi connectivity index (χ0) is 23.4. The Morgan fingerprint density at radius 3 is 2.56 bits per heavy atom. The minimum Gasteiger partial charge on any atom is -0.505 e. The molecule has 6 rings (SSSR count). The molecule has 0 bridgehead atoms. The number of fused-ring (bicyclic) bond motifs is 5. The molecule has 7 nitrogen and oxygen atoms in total. The van der Waals surface area contributed by atoms with Crippen LogP contribution in [0.2, 0.25) is 0 Å². The van der Waals surface area contributed by atoms with E-state index in [1.54, 1.807) is 44.9 Å². The molecule has 1 fully saturated rings. The van der Waals surface area contributed by atoms with Crippen molar-refractivity contribution in [3.63, 3.8) is 0 Å². The van der Waals surface area contributed by atoms with Gasteiger partial charge in [-0.1, -0.05) is 30.3 Å². The molecule has 1 aromatic carbocycles. The highest BCUT2D eigenvalue weighted by Gasteiger charge is 2.30. The van der Waals surface area contributed by atoms with Gasteiger partial charge >= 0.3 is 0 Å². The first kappa shape index (κ1) is 21.0. The van der Waals surface area contributed by atoms with Crippen molar-refractivity contribution in [3.8, 4) is 5.75 Å². The van der Waals surface area contributed by atoms with Gasteiger partial charge in [0.15, 0.2) is 22.7 Å². The summed E-state index contributed by atoms with van der Waals surface area (Å²) in [6, 6.07) is 8.87. The van der Waals surface area contributed by atoms with Crippen LogP contribution in [0.25, 0.3) is 21.9 Å². The van der Waals surface area contributed by atoms with Crippen molar-refractivity contribution < 1.29 is 14.7 Å². The lowest BCUT2D eigenvalue weighted by molar-refractivity contribution is 0.0791. The van der Waals surface area contributed by atoms with Crippen LogP contribution in [0.1, 0.15) is 56.8 Å². The highest BCUT2D eigenvalue weighted by molar-refractivity contribution is 7.18. The third kappa shape index (κ3) is 3.16. The molecule has 2 N–H and O–H groups in total. The van der Waals surface area contributed by atoms with E-state index in [0.717, 1.165) is 54.3 Å². The van der Waals surface area contributed by atoms with Crippen LogP contribution < -0.4 is 10.8 Å². The second-order valence-electron chi connectivity index (χ2n) is 8.99. The fourth-order valence-corrected chi connectivity index (χ4v) is 6.62. The van der Waals surface area contributed by atoms with E-state index in [1.807, 2.05) is 6.07 Å². The summed E-state index contributed by atoms with van der Waals surface area (Å²) < 4.78 is 1.73.